The summed E-state index contributed by atoms with van der Waals surface area (Å²) >= 11 is 0. The molecule has 4 fully saturated rings. The van der Waals surface area contributed by atoms with E-state index in [2.05, 4.69) is 55.1 Å². The summed E-state index contributed by atoms with van der Waals surface area (Å²) in [5, 5.41) is 7.73. The molecule has 3 aromatic rings. The topological polar surface area (TPSA) is 74.5 Å². The molecule has 2 heterocycles. The maximum atomic E-state index is 13.3. The Hall–Kier alpha value is -3.40. The van der Waals surface area contributed by atoms with Crippen molar-refractivity contribution >= 4 is 22.5 Å². The number of fused-ring (bicyclic) bond motifs is 3. The first-order valence-electron chi connectivity index (χ1n) is 15.8. The van der Waals surface area contributed by atoms with Gasteiger partial charge in [-0.25, -0.2) is 9.98 Å². The molecule has 1 aliphatic heterocycles. The van der Waals surface area contributed by atoms with E-state index in [-0.39, 0.29) is 11.6 Å². The van der Waals surface area contributed by atoms with Crippen molar-refractivity contribution in [1.29, 1.82) is 0 Å². The Labute approximate surface area is 257 Å². The molecule has 4 aliphatic rings. The van der Waals surface area contributed by atoms with E-state index >= 15 is 0 Å². The minimum absolute atomic E-state index is 0.176. The molecule has 236 valence electrons. The summed E-state index contributed by atoms with van der Waals surface area (Å²) in [6.45, 7) is 13.6. The number of aliphatic imine (C=N–C) groups is 1. The number of aromatic nitrogens is 2. The fraction of sp³-hybridized carbons (Fsp3) is 0.559. The van der Waals surface area contributed by atoms with E-state index in [0.717, 1.165) is 48.9 Å². The fourth-order valence-corrected chi connectivity index (χ4v) is 7.78. The van der Waals surface area contributed by atoms with Crippen LogP contribution in [0.25, 0.3) is 10.9 Å². The fourth-order valence-electron chi connectivity index (χ4n) is 7.78. The van der Waals surface area contributed by atoms with E-state index in [1.807, 2.05) is 12.1 Å². The molecule has 3 saturated carbocycles. The smallest absolute Gasteiger partial charge is 0.340 e. The zero-order valence-corrected chi connectivity index (χ0v) is 26.2. The monoisotopic (exact) mass is 608 g/mol. The predicted octanol–water partition coefficient (Wildman–Crippen LogP) is 6.18. The summed E-state index contributed by atoms with van der Waals surface area (Å²) in [6.07, 6.45) is -0.0114. The van der Waals surface area contributed by atoms with Gasteiger partial charge < -0.3 is 15.5 Å². The van der Waals surface area contributed by atoms with Gasteiger partial charge in [-0.05, 0) is 92.2 Å². The largest absolute Gasteiger partial charge is 0.416 e. The molecule has 2 bridgehead atoms. The van der Waals surface area contributed by atoms with Crippen LogP contribution in [0, 0.1) is 23.2 Å². The Morgan fingerprint density at radius 2 is 1.77 bits per heavy atom. The molecule has 0 unspecified atom stereocenters. The zero-order chi connectivity index (χ0) is 31.4. The third-order valence-electron chi connectivity index (χ3n) is 10.5. The molecule has 44 heavy (non-hydrogen) atoms. The number of rotatable bonds is 5. The van der Waals surface area contributed by atoms with E-state index in [9.17, 15) is 18.0 Å². The second-order valence-corrected chi connectivity index (χ2v) is 13.9. The highest BCUT2D eigenvalue weighted by atomic mass is 19.4. The second-order valence-electron chi connectivity index (χ2n) is 13.9. The van der Waals surface area contributed by atoms with Gasteiger partial charge in [0.1, 0.15) is 0 Å². The van der Waals surface area contributed by atoms with E-state index in [0.29, 0.717) is 59.1 Å². The Kier molecular flexibility index (Phi) is 8.01. The summed E-state index contributed by atoms with van der Waals surface area (Å²) in [6, 6.07) is 11.6. The molecule has 1 saturated heterocycles. The van der Waals surface area contributed by atoms with Gasteiger partial charge in [0.2, 0.25) is 0 Å². The van der Waals surface area contributed by atoms with Crippen LogP contribution in [0.2, 0.25) is 0 Å². The number of benzene rings is 2. The van der Waals surface area contributed by atoms with E-state index in [4.69, 9.17) is 4.99 Å². The highest BCUT2D eigenvalue weighted by Gasteiger charge is 2.56. The number of halogens is 3. The summed E-state index contributed by atoms with van der Waals surface area (Å²) in [5.74, 6) is 2.81. The molecule has 7 rings (SSSR count). The number of guanidine groups is 1. The first-order valence-corrected chi connectivity index (χ1v) is 15.8. The van der Waals surface area contributed by atoms with Gasteiger partial charge in [-0.15, -0.1) is 0 Å². The van der Waals surface area contributed by atoms with Crippen molar-refractivity contribution in [2.75, 3.05) is 18.4 Å². The van der Waals surface area contributed by atoms with Crippen LogP contribution in [0.4, 0.5) is 18.9 Å². The summed E-state index contributed by atoms with van der Waals surface area (Å²) in [4.78, 5) is 25.6. The lowest BCUT2D eigenvalue weighted by Gasteiger charge is -2.61. The van der Waals surface area contributed by atoms with Gasteiger partial charge in [0.05, 0.1) is 28.8 Å². The highest BCUT2D eigenvalue weighted by Crippen LogP contribution is 2.61. The van der Waals surface area contributed by atoms with Crippen molar-refractivity contribution < 1.29 is 13.2 Å². The van der Waals surface area contributed by atoms with Crippen molar-refractivity contribution in [2.24, 2.45) is 28.2 Å². The second kappa shape index (κ2) is 11.5. The van der Waals surface area contributed by atoms with Crippen molar-refractivity contribution in [2.45, 2.75) is 84.7 Å². The molecular formula is C34H43F3N6O. The third-order valence-corrected chi connectivity index (χ3v) is 10.5. The van der Waals surface area contributed by atoms with Gasteiger partial charge in [-0.2, -0.15) is 13.2 Å². The molecule has 7 nitrogen and oxygen atoms in total. The minimum atomic E-state index is -4.37. The van der Waals surface area contributed by atoms with Crippen LogP contribution in [0.15, 0.2) is 58.6 Å². The van der Waals surface area contributed by atoms with Crippen LogP contribution in [0.5, 0.6) is 0 Å². The average molecular weight is 609 g/mol. The first-order chi connectivity index (χ1) is 20.8. The van der Waals surface area contributed by atoms with Gasteiger partial charge in [-0.3, -0.25) is 9.36 Å². The summed E-state index contributed by atoms with van der Waals surface area (Å²) in [7, 11) is 0. The maximum Gasteiger partial charge on any atom is 0.416 e. The third kappa shape index (κ3) is 5.97. The molecule has 2 aromatic carbocycles. The lowest BCUT2D eigenvalue weighted by atomic mass is 9.45. The Morgan fingerprint density at radius 3 is 2.41 bits per heavy atom. The Balaban J connectivity index is 1.21. The lowest BCUT2D eigenvalue weighted by Crippen LogP contribution is -2.59. The number of alkyl halides is 3. The maximum absolute atomic E-state index is 13.3. The Bertz CT molecular complexity index is 1590. The van der Waals surface area contributed by atoms with Gasteiger partial charge in [0.15, 0.2) is 5.96 Å². The average Bonchev–Trinajstić information content (AvgIpc) is 2.96. The quantitative estimate of drug-likeness (QED) is 0.267. The molecule has 3 aliphatic carbocycles. The molecule has 0 spiro atoms. The number of anilines is 1. The van der Waals surface area contributed by atoms with Crippen LogP contribution in [0.3, 0.4) is 0 Å². The lowest BCUT2D eigenvalue weighted by molar-refractivity contribution is -0.137. The normalized spacial score (nSPS) is 28.5. The number of aryl methyl sites for hydroxylation is 2. The molecule has 0 amide bonds. The van der Waals surface area contributed by atoms with Crippen molar-refractivity contribution in [1.82, 2.24) is 19.8 Å². The van der Waals surface area contributed by atoms with E-state index < -0.39 is 11.7 Å². The summed E-state index contributed by atoms with van der Waals surface area (Å²) < 4.78 is 40.2. The van der Waals surface area contributed by atoms with Crippen LogP contribution in [0.1, 0.15) is 58.6 Å². The summed E-state index contributed by atoms with van der Waals surface area (Å²) in [5.41, 5.74) is 1.68. The standard InChI is InChI=1S/C34H43F3N6O/c1-20-17-43(18-21(2)39-20)32(41-29-15-25-14-28(22(29)3)33(25,4)5)40-26-10-11-27-30(16-26)38-19-42(31(27)44)13-12-23-6-8-24(9-7-23)34(35,36)37/h6-11,16,19-22,25,28-29,39H,12-15,17-18H2,1-5H3,(H,40,41)/t20-,21+,22-,25-,28+,29-/m0/s1. The van der Waals surface area contributed by atoms with E-state index in [1.165, 1.54) is 29.4 Å². The number of piperazine rings is 1. The van der Waals surface area contributed by atoms with Gasteiger partial charge in [-0.1, -0.05) is 32.9 Å². The van der Waals surface area contributed by atoms with Gasteiger partial charge in [0.25, 0.3) is 5.56 Å². The van der Waals surface area contributed by atoms with E-state index in [1.54, 1.807) is 6.07 Å². The van der Waals surface area contributed by atoms with Crippen LogP contribution >= 0.6 is 0 Å². The number of nitrogens with one attached hydrogen (secondary N) is 2. The van der Waals surface area contributed by atoms with Crippen LogP contribution in [-0.2, 0) is 19.1 Å². The predicted molar refractivity (Wildman–Crippen MR) is 169 cm³/mol. The molecule has 10 heteroatoms. The molecule has 6 atom stereocenters. The van der Waals surface area contributed by atoms with Crippen LogP contribution < -0.4 is 16.2 Å². The number of nitrogens with zero attached hydrogens (tertiary/aromatic N) is 4. The van der Waals surface area contributed by atoms with Gasteiger partial charge >= 0.3 is 6.18 Å². The van der Waals surface area contributed by atoms with Crippen molar-refractivity contribution in [3.05, 3.63) is 70.3 Å². The molecule has 1 aromatic heterocycles. The van der Waals surface area contributed by atoms with Crippen molar-refractivity contribution in [3.63, 3.8) is 0 Å². The zero-order valence-electron chi connectivity index (χ0n) is 26.2. The van der Waals surface area contributed by atoms with Crippen LogP contribution in [-0.4, -0.2) is 51.6 Å². The van der Waals surface area contributed by atoms with Gasteiger partial charge in [0, 0.05) is 37.4 Å². The molecular weight excluding hydrogens is 565 g/mol. The number of hydrogen-bond donors (Lipinski definition) is 2. The highest BCUT2D eigenvalue weighted by molar-refractivity contribution is 5.96. The SMILES string of the molecule is C[C@@H]1[C@@H](N=C(Nc2ccc3c(=O)n(CCc4ccc(C(F)(F)F)cc4)cnc3c2)N2C[C@@H](C)N[C@@H](C)C2)C[C@@H]2C[C@H]1C2(C)C. The first kappa shape index (κ1) is 30.6. The molecule has 0 radical (unpaired) electrons. The minimum Gasteiger partial charge on any atom is -0.340 e. The Morgan fingerprint density at radius 1 is 1.07 bits per heavy atom. The number of hydrogen-bond acceptors (Lipinski definition) is 4. The van der Waals surface area contributed by atoms with Crippen molar-refractivity contribution in [3.8, 4) is 0 Å². The molecule has 2 N–H and O–H groups in total.